The number of aromatic nitrogens is 3. The Morgan fingerprint density at radius 2 is 2.09 bits per heavy atom. The number of nitrogens with zero attached hydrogens (tertiary/aromatic N) is 3. The molecule has 0 radical (unpaired) electrons. The molecule has 1 unspecified atom stereocenters. The highest BCUT2D eigenvalue weighted by Gasteiger charge is 2.13. The predicted molar refractivity (Wildman–Crippen MR) is 91.9 cm³/mol. The van der Waals surface area contributed by atoms with Gasteiger partial charge in [-0.05, 0) is 30.5 Å². The molecule has 1 aromatic carbocycles. The van der Waals surface area contributed by atoms with E-state index in [1.54, 1.807) is 0 Å². The first-order chi connectivity index (χ1) is 10.5. The van der Waals surface area contributed by atoms with Crippen LogP contribution < -0.4 is 0 Å². The summed E-state index contributed by atoms with van der Waals surface area (Å²) >= 11 is 0. The summed E-state index contributed by atoms with van der Waals surface area (Å²) in [5, 5.41) is 4.67. The maximum Gasteiger partial charge on any atom is 0.151 e. The molecule has 0 spiro atoms. The van der Waals surface area contributed by atoms with E-state index in [0.717, 1.165) is 23.8 Å². The molecule has 0 aliphatic carbocycles. The predicted octanol–water partition coefficient (Wildman–Crippen LogP) is 3.09. The van der Waals surface area contributed by atoms with Crippen molar-refractivity contribution in [3.8, 4) is 5.69 Å². The van der Waals surface area contributed by atoms with Crippen molar-refractivity contribution in [2.75, 3.05) is 11.5 Å². The number of benzene rings is 1. The van der Waals surface area contributed by atoms with Crippen LogP contribution in [0.15, 0.2) is 24.3 Å². The lowest BCUT2D eigenvalue weighted by Crippen LogP contribution is -2.09. The molecule has 120 valence electrons. The molecule has 0 bridgehead atoms. The van der Waals surface area contributed by atoms with Gasteiger partial charge in [-0.3, -0.25) is 4.21 Å². The Morgan fingerprint density at radius 1 is 1.32 bits per heavy atom. The van der Waals surface area contributed by atoms with Gasteiger partial charge in [-0.1, -0.05) is 32.9 Å². The van der Waals surface area contributed by atoms with E-state index in [1.165, 1.54) is 5.56 Å². The van der Waals surface area contributed by atoms with Crippen LogP contribution in [0.5, 0.6) is 0 Å². The van der Waals surface area contributed by atoms with Gasteiger partial charge in [-0.2, -0.15) is 5.10 Å². The topological polar surface area (TPSA) is 47.8 Å². The molecule has 2 rings (SSSR count). The summed E-state index contributed by atoms with van der Waals surface area (Å²) in [4.78, 5) is 4.68. The van der Waals surface area contributed by atoms with Gasteiger partial charge in [0.15, 0.2) is 5.82 Å². The highest BCUT2D eigenvalue weighted by molar-refractivity contribution is 7.84. The van der Waals surface area contributed by atoms with E-state index in [2.05, 4.69) is 43.0 Å². The highest BCUT2D eigenvalue weighted by atomic mass is 32.2. The van der Waals surface area contributed by atoms with Crippen molar-refractivity contribution < 1.29 is 4.21 Å². The molecular weight excluding hydrogens is 294 g/mol. The summed E-state index contributed by atoms with van der Waals surface area (Å²) in [6.45, 7) is 8.35. The van der Waals surface area contributed by atoms with E-state index in [9.17, 15) is 4.21 Å². The number of rotatable bonds is 7. The molecule has 2 aromatic rings. The molecule has 4 nitrogen and oxygen atoms in total. The van der Waals surface area contributed by atoms with Crippen molar-refractivity contribution in [2.45, 2.75) is 40.5 Å². The second-order valence-electron chi connectivity index (χ2n) is 5.98. The van der Waals surface area contributed by atoms with Crippen molar-refractivity contribution >= 4 is 10.8 Å². The summed E-state index contributed by atoms with van der Waals surface area (Å²) < 4.78 is 13.6. The first kappa shape index (κ1) is 16.9. The van der Waals surface area contributed by atoms with E-state index < -0.39 is 10.8 Å². The Balaban J connectivity index is 2.32. The average molecular weight is 319 g/mol. The van der Waals surface area contributed by atoms with Crippen LogP contribution in [0.1, 0.15) is 38.0 Å². The van der Waals surface area contributed by atoms with Crippen molar-refractivity contribution in [2.24, 2.45) is 5.92 Å². The monoisotopic (exact) mass is 319 g/mol. The van der Waals surface area contributed by atoms with E-state index in [4.69, 9.17) is 0 Å². The third kappa shape index (κ3) is 4.50. The summed E-state index contributed by atoms with van der Waals surface area (Å²) in [5.41, 5.74) is 2.22. The Bertz CT molecular complexity index is 649. The van der Waals surface area contributed by atoms with Crippen molar-refractivity contribution in [3.63, 3.8) is 0 Å². The minimum absolute atomic E-state index is 0.519. The standard InChI is InChI=1S/C17H25N3OS/c1-5-22(21)10-9-17-18-16(11-13(2)3)19-20(17)15-8-6-7-14(4)12-15/h6-8,12-13H,5,9-11H2,1-4H3. The van der Waals surface area contributed by atoms with Gasteiger partial charge < -0.3 is 0 Å². The van der Waals surface area contributed by atoms with Gasteiger partial charge in [0.25, 0.3) is 0 Å². The van der Waals surface area contributed by atoms with Crippen LogP contribution in [0, 0.1) is 12.8 Å². The van der Waals surface area contributed by atoms with E-state index in [-0.39, 0.29) is 0 Å². The number of hydrogen-bond acceptors (Lipinski definition) is 3. The summed E-state index contributed by atoms with van der Waals surface area (Å²) in [6.07, 6.45) is 1.56. The molecule has 1 atom stereocenters. The van der Waals surface area contributed by atoms with Gasteiger partial charge in [-0.15, -0.1) is 0 Å². The fraction of sp³-hybridized carbons (Fsp3) is 0.529. The second-order valence-corrected chi connectivity index (χ2v) is 7.84. The average Bonchev–Trinajstić information content (AvgIpc) is 2.86. The molecule has 5 heteroatoms. The molecule has 0 amide bonds. The fourth-order valence-electron chi connectivity index (χ4n) is 2.32. The third-order valence-corrected chi connectivity index (χ3v) is 4.73. The van der Waals surface area contributed by atoms with Crippen molar-refractivity contribution in [1.29, 1.82) is 0 Å². The Hall–Kier alpha value is -1.49. The summed E-state index contributed by atoms with van der Waals surface area (Å²) in [6, 6.07) is 8.25. The Morgan fingerprint density at radius 3 is 2.73 bits per heavy atom. The van der Waals surface area contributed by atoms with Crippen LogP contribution in [0.4, 0.5) is 0 Å². The molecular formula is C17H25N3OS. The van der Waals surface area contributed by atoms with Crippen molar-refractivity contribution in [1.82, 2.24) is 14.8 Å². The van der Waals surface area contributed by atoms with Gasteiger partial charge in [0.2, 0.25) is 0 Å². The van der Waals surface area contributed by atoms with Gasteiger partial charge in [-0.25, -0.2) is 9.67 Å². The van der Waals surface area contributed by atoms with Crippen LogP contribution in [0.2, 0.25) is 0 Å². The zero-order valence-electron chi connectivity index (χ0n) is 13.9. The first-order valence-electron chi connectivity index (χ1n) is 7.86. The van der Waals surface area contributed by atoms with E-state index in [1.807, 2.05) is 23.7 Å². The third-order valence-electron chi connectivity index (χ3n) is 3.43. The Kier molecular flexibility index (Phi) is 5.89. The zero-order valence-corrected chi connectivity index (χ0v) is 14.7. The van der Waals surface area contributed by atoms with Gasteiger partial charge >= 0.3 is 0 Å². The largest absolute Gasteiger partial charge is 0.260 e. The van der Waals surface area contributed by atoms with Crippen LogP contribution in [0.3, 0.4) is 0 Å². The minimum Gasteiger partial charge on any atom is -0.260 e. The lowest BCUT2D eigenvalue weighted by atomic mass is 10.1. The first-order valence-corrected chi connectivity index (χ1v) is 9.35. The SMILES string of the molecule is CCS(=O)CCc1nc(CC(C)C)nn1-c1cccc(C)c1. The van der Waals surface area contributed by atoms with Crippen molar-refractivity contribution in [3.05, 3.63) is 41.5 Å². The zero-order chi connectivity index (χ0) is 16.1. The quantitative estimate of drug-likeness (QED) is 0.788. The lowest BCUT2D eigenvalue weighted by Gasteiger charge is -2.06. The van der Waals surface area contributed by atoms with Crippen LogP contribution in [-0.4, -0.2) is 30.5 Å². The Labute approximate surface area is 135 Å². The van der Waals surface area contributed by atoms with Crippen LogP contribution in [0.25, 0.3) is 5.69 Å². The molecule has 0 aliphatic heterocycles. The molecule has 0 aliphatic rings. The van der Waals surface area contributed by atoms with Gasteiger partial charge in [0.05, 0.1) is 5.69 Å². The maximum atomic E-state index is 11.7. The highest BCUT2D eigenvalue weighted by Crippen LogP contribution is 2.14. The molecule has 22 heavy (non-hydrogen) atoms. The van der Waals surface area contributed by atoms with Crippen LogP contribution >= 0.6 is 0 Å². The van der Waals surface area contributed by atoms with Gasteiger partial charge in [0, 0.05) is 35.1 Å². The van der Waals surface area contributed by atoms with E-state index >= 15 is 0 Å². The molecule has 0 saturated carbocycles. The molecule has 0 saturated heterocycles. The summed E-state index contributed by atoms with van der Waals surface area (Å²) in [7, 11) is -0.779. The van der Waals surface area contributed by atoms with Crippen LogP contribution in [-0.2, 0) is 23.6 Å². The summed E-state index contributed by atoms with van der Waals surface area (Å²) in [5.74, 6) is 3.63. The van der Waals surface area contributed by atoms with E-state index in [0.29, 0.717) is 23.8 Å². The maximum absolute atomic E-state index is 11.7. The molecule has 1 heterocycles. The minimum atomic E-state index is -0.779. The lowest BCUT2D eigenvalue weighted by molar-refractivity contribution is 0.618. The van der Waals surface area contributed by atoms with Gasteiger partial charge in [0.1, 0.15) is 5.82 Å². The normalized spacial score (nSPS) is 12.8. The number of hydrogen-bond donors (Lipinski definition) is 0. The second kappa shape index (κ2) is 7.68. The smallest absolute Gasteiger partial charge is 0.151 e. The molecule has 1 aromatic heterocycles. The molecule has 0 fully saturated rings. The number of aryl methyl sites for hydroxylation is 2. The fourth-order valence-corrected chi connectivity index (χ4v) is 3.02. The molecule has 0 N–H and O–H groups in total.